The SMILES string of the molecule is CCn1c(CCC(=O)c2nc(Cl)c(N)nc2N)[n+](CC2(CCc3ccccc3)CCNCC2)c2ccccc21.Cl.[I-]. The Labute approximate surface area is 269 Å². The highest BCUT2D eigenvalue weighted by Crippen LogP contribution is 2.35. The molecule has 5 N–H and O–H groups in total. The van der Waals surface area contributed by atoms with Gasteiger partial charge in [-0.2, -0.15) is 0 Å². The van der Waals surface area contributed by atoms with Crippen molar-refractivity contribution in [3.63, 3.8) is 0 Å². The fourth-order valence-electron chi connectivity index (χ4n) is 5.97. The number of imidazole rings is 1. The maximum atomic E-state index is 13.2. The molecule has 5 rings (SSSR count). The van der Waals surface area contributed by atoms with Crippen LogP contribution in [0.4, 0.5) is 11.6 Å². The number of aromatic nitrogens is 4. The van der Waals surface area contributed by atoms with Gasteiger partial charge in [0.2, 0.25) is 0 Å². The number of nitrogens with two attached hydrogens (primary N) is 2. The number of Topliss-reactive ketones (excluding diaryl/α,β-unsaturated/α-hetero) is 1. The van der Waals surface area contributed by atoms with E-state index < -0.39 is 0 Å². The molecule has 4 aromatic rings. The molecule has 220 valence electrons. The molecular weight excluding hydrogens is 672 g/mol. The first kappa shape index (κ1) is 33.0. The first-order valence-electron chi connectivity index (χ1n) is 13.8. The summed E-state index contributed by atoms with van der Waals surface area (Å²) >= 11 is 6.05. The normalized spacial score (nSPS) is 14.3. The monoisotopic (exact) mass is 709 g/mol. The lowest BCUT2D eigenvalue weighted by atomic mass is 9.74. The van der Waals surface area contributed by atoms with Crippen molar-refractivity contribution >= 4 is 52.5 Å². The maximum absolute atomic E-state index is 13.2. The fourth-order valence-corrected chi connectivity index (χ4v) is 6.09. The summed E-state index contributed by atoms with van der Waals surface area (Å²) in [5.41, 5.74) is 15.7. The van der Waals surface area contributed by atoms with E-state index in [0.717, 1.165) is 57.7 Å². The Kier molecular flexibility index (Phi) is 11.8. The number of nitrogens with one attached hydrogen (secondary N) is 1. The zero-order valence-electron chi connectivity index (χ0n) is 23.3. The highest BCUT2D eigenvalue weighted by molar-refractivity contribution is 6.31. The smallest absolute Gasteiger partial charge is 0.257 e. The molecular formula is C30H38Cl2IN7O. The molecule has 1 aliphatic rings. The molecule has 2 aromatic heterocycles. The lowest BCUT2D eigenvalue weighted by Gasteiger charge is -2.37. The molecule has 1 fully saturated rings. The van der Waals surface area contributed by atoms with Crippen LogP contribution in [-0.4, -0.2) is 33.4 Å². The number of nitrogen functional groups attached to an aromatic ring is 2. The number of anilines is 2. The fraction of sp³-hybridized carbons (Fsp3) is 0.400. The van der Waals surface area contributed by atoms with Gasteiger partial charge in [0.15, 0.2) is 33.6 Å². The topological polar surface area (TPSA) is 116 Å². The predicted molar refractivity (Wildman–Crippen MR) is 163 cm³/mol. The van der Waals surface area contributed by atoms with Gasteiger partial charge in [0.25, 0.3) is 5.82 Å². The van der Waals surface area contributed by atoms with Gasteiger partial charge in [0, 0.05) is 11.8 Å². The van der Waals surface area contributed by atoms with Gasteiger partial charge in [-0.3, -0.25) is 4.79 Å². The number of benzene rings is 2. The molecule has 8 nitrogen and oxygen atoms in total. The standard InChI is InChI=1S/C30H36ClN7O.ClH.HI/c1-2-37-22-10-6-7-11-23(22)38(25(37)13-12-24(39)26-28(32)36-29(33)27(31)35-26)20-30(16-18-34-19-17-30)15-14-21-8-4-3-5-9-21;;/h3-11,34H,2,12-20H2,1H3,(H3-,32,33,36,39);2*1H. The Morgan fingerprint density at radius 2 is 1.71 bits per heavy atom. The minimum Gasteiger partial charge on any atom is -1.00 e. The molecule has 3 heterocycles. The van der Waals surface area contributed by atoms with Crippen molar-refractivity contribution in [3.8, 4) is 0 Å². The van der Waals surface area contributed by atoms with Crippen molar-refractivity contribution in [1.82, 2.24) is 19.9 Å². The molecule has 1 aliphatic heterocycles. The Bertz CT molecular complexity index is 1470. The minimum absolute atomic E-state index is 0. The Morgan fingerprint density at radius 3 is 2.41 bits per heavy atom. The molecule has 0 radical (unpaired) electrons. The van der Waals surface area contributed by atoms with Crippen molar-refractivity contribution in [1.29, 1.82) is 0 Å². The van der Waals surface area contributed by atoms with Crippen molar-refractivity contribution < 1.29 is 33.3 Å². The van der Waals surface area contributed by atoms with Crippen LogP contribution in [0.3, 0.4) is 0 Å². The molecule has 1 saturated heterocycles. The van der Waals surface area contributed by atoms with E-state index in [9.17, 15) is 4.79 Å². The van der Waals surface area contributed by atoms with Crippen molar-refractivity contribution in [2.24, 2.45) is 5.41 Å². The first-order chi connectivity index (χ1) is 18.9. The molecule has 0 spiro atoms. The van der Waals surface area contributed by atoms with Crippen LogP contribution in [-0.2, 0) is 25.9 Å². The van der Waals surface area contributed by atoms with Gasteiger partial charge in [0.1, 0.15) is 5.69 Å². The summed E-state index contributed by atoms with van der Waals surface area (Å²) in [4.78, 5) is 21.4. The number of halogens is 3. The van der Waals surface area contributed by atoms with Crippen molar-refractivity contribution in [2.45, 2.75) is 58.5 Å². The summed E-state index contributed by atoms with van der Waals surface area (Å²) in [6, 6.07) is 19.3. The number of hydrogen-bond donors (Lipinski definition) is 3. The number of para-hydroxylation sites is 2. The maximum Gasteiger partial charge on any atom is 0.257 e. The summed E-state index contributed by atoms with van der Waals surface area (Å²) in [6.07, 6.45) is 5.20. The van der Waals surface area contributed by atoms with Crippen LogP contribution >= 0.6 is 24.0 Å². The van der Waals surface area contributed by atoms with Crippen LogP contribution in [0.25, 0.3) is 11.0 Å². The van der Waals surface area contributed by atoms with Gasteiger partial charge in [0.05, 0.1) is 19.5 Å². The van der Waals surface area contributed by atoms with E-state index in [1.807, 2.05) is 0 Å². The van der Waals surface area contributed by atoms with E-state index in [4.69, 9.17) is 23.1 Å². The molecule has 0 aliphatic carbocycles. The number of ketones is 1. The van der Waals surface area contributed by atoms with Gasteiger partial charge in [-0.15, -0.1) is 12.4 Å². The van der Waals surface area contributed by atoms with E-state index in [-0.39, 0.29) is 76.5 Å². The highest BCUT2D eigenvalue weighted by atomic mass is 127. The lowest BCUT2D eigenvalue weighted by Crippen LogP contribution is -3.00. The van der Waals surface area contributed by atoms with Crippen LogP contribution in [0.5, 0.6) is 0 Å². The molecule has 0 atom stereocenters. The lowest BCUT2D eigenvalue weighted by molar-refractivity contribution is -0.694. The summed E-state index contributed by atoms with van der Waals surface area (Å²) < 4.78 is 4.80. The molecule has 0 saturated carbocycles. The number of aryl methyl sites for hydroxylation is 2. The van der Waals surface area contributed by atoms with Gasteiger partial charge in [-0.25, -0.2) is 19.1 Å². The number of carbonyl (C=O) groups excluding carboxylic acids is 1. The highest BCUT2D eigenvalue weighted by Gasteiger charge is 2.37. The van der Waals surface area contributed by atoms with Crippen LogP contribution in [0.15, 0.2) is 54.6 Å². The number of rotatable bonds is 10. The molecule has 41 heavy (non-hydrogen) atoms. The average molecular weight is 710 g/mol. The first-order valence-corrected chi connectivity index (χ1v) is 14.1. The summed E-state index contributed by atoms with van der Waals surface area (Å²) in [7, 11) is 0. The molecule has 0 bridgehead atoms. The number of nitrogens with zero attached hydrogens (tertiary/aromatic N) is 4. The number of hydrogen-bond acceptors (Lipinski definition) is 6. The Hall–Kier alpha value is -2.47. The van der Waals surface area contributed by atoms with E-state index in [2.05, 4.69) is 85.9 Å². The van der Waals surface area contributed by atoms with Crippen LogP contribution < -0.4 is 45.3 Å². The Balaban J connectivity index is 0.00000231. The second-order valence-electron chi connectivity index (χ2n) is 10.5. The third-order valence-corrected chi connectivity index (χ3v) is 8.37. The second kappa shape index (κ2) is 14.6. The Morgan fingerprint density at radius 1 is 1.02 bits per heavy atom. The summed E-state index contributed by atoms with van der Waals surface area (Å²) in [5, 5.41) is 3.56. The third-order valence-electron chi connectivity index (χ3n) is 8.09. The van der Waals surface area contributed by atoms with E-state index >= 15 is 0 Å². The summed E-state index contributed by atoms with van der Waals surface area (Å²) in [6.45, 7) is 5.91. The second-order valence-corrected chi connectivity index (χ2v) is 10.9. The molecule has 0 unspecified atom stereocenters. The quantitative estimate of drug-likeness (QED) is 0.132. The number of piperidine rings is 1. The van der Waals surface area contributed by atoms with E-state index in [0.29, 0.717) is 6.42 Å². The van der Waals surface area contributed by atoms with Gasteiger partial charge in [-0.1, -0.05) is 54.1 Å². The van der Waals surface area contributed by atoms with Crippen molar-refractivity contribution in [2.75, 3.05) is 24.6 Å². The van der Waals surface area contributed by atoms with E-state index in [1.165, 1.54) is 16.6 Å². The van der Waals surface area contributed by atoms with Crippen molar-refractivity contribution in [3.05, 3.63) is 76.8 Å². The summed E-state index contributed by atoms with van der Waals surface area (Å²) in [5.74, 6) is 0.984. The van der Waals surface area contributed by atoms with Gasteiger partial charge in [-0.05, 0) is 63.4 Å². The minimum atomic E-state index is -0.193. The third kappa shape index (κ3) is 7.31. The predicted octanol–water partition coefficient (Wildman–Crippen LogP) is 1.80. The van der Waals surface area contributed by atoms with Gasteiger partial charge < -0.3 is 40.8 Å². The number of carbonyl (C=O) groups is 1. The van der Waals surface area contributed by atoms with Crippen LogP contribution in [0, 0.1) is 5.41 Å². The van der Waals surface area contributed by atoms with Gasteiger partial charge >= 0.3 is 0 Å². The number of fused-ring (bicyclic) bond motifs is 1. The van der Waals surface area contributed by atoms with Crippen LogP contribution in [0.1, 0.15) is 54.5 Å². The molecule has 2 aromatic carbocycles. The van der Waals surface area contributed by atoms with E-state index in [1.54, 1.807) is 0 Å². The zero-order valence-corrected chi connectivity index (χ0v) is 27.0. The average Bonchev–Trinajstić information content (AvgIpc) is 3.25. The van der Waals surface area contributed by atoms with Crippen LogP contribution in [0.2, 0.25) is 5.15 Å². The largest absolute Gasteiger partial charge is 1.00 e. The molecule has 0 amide bonds. The zero-order chi connectivity index (χ0) is 27.4. The molecule has 11 heteroatoms.